The van der Waals surface area contributed by atoms with E-state index in [1.54, 1.807) is 24.5 Å². The third-order valence-corrected chi connectivity index (χ3v) is 6.58. The molecule has 3 heterocycles. The van der Waals surface area contributed by atoms with Crippen molar-refractivity contribution in [2.45, 2.75) is 30.3 Å². The summed E-state index contributed by atoms with van der Waals surface area (Å²) in [5.41, 5.74) is 1.95. The van der Waals surface area contributed by atoms with Crippen LogP contribution in [0.2, 0.25) is 0 Å². The van der Waals surface area contributed by atoms with Gasteiger partial charge in [-0.1, -0.05) is 30.3 Å². The quantitative estimate of drug-likeness (QED) is 0.884. The number of amides is 1. The first-order valence-corrected chi connectivity index (χ1v) is 9.85. The highest BCUT2D eigenvalue weighted by atomic mass is 16.3. The number of pyridine rings is 1. The average Bonchev–Trinajstić information content (AvgIpc) is 3.49. The van der Waals surface area contributed by atoms with Gasteiger partial charge in [0.1, 0.15) is 0 Å². The molecule has 1 N–H and O–H groups in total. The Bertz CT molecular complexity index is 816. The van der Waals surface area contributed by atoms with E-state index in [0.717, 1.165) is 25.6 Å². The van der Waals surface area contributed by atoms with E-state index in [4.69, 9.17) is 0 Å². The summed E-state index contributed by atoms with van der Waals surface area (Å²) >= 11 is 0. The van der Waals surface area contributed by atoms with Gasteiger partial charge in [-0.3, -0.25) is 14.7 Å². The second kappa shape index (κ2) is 6.43. The molecule has 1 spiro atoms. The van der Waals surface area contributed by atoms with Gasteiger partial charge in [0.25, 0.3) is 5.91 Å². The number of carbonyl (C=O) groups is 1. The standard InChI is InChI=1S/C22H25N3O2/c26-13-19-20(17-4-2-1-3-5-17)22(25(19)12-16-6-7-16)14-24(15-22)21(27)18-8-10-23-11-9-18/h1-5,8-11,16,19-20,26H,6-7,12-15H2/t19-,20-/m1/s1. The van der Waals surface area contributed by atoms with Gasteiger partial charge in [0, 0.05) is 49.6 Å². The molecule has 0 radical (unpaired) electrons. The molecule has 1 saturated carbocycles. The number of likely N-dealkylation sites (tertiary alicyclic amines) is 2. The van der Waals surface area contributed by atoms with Gasteiger partial charge in [0.2, 0.25) is 0 Å². The highest BCUT2D eigenvalue weighted by Crippen LogP contribution is 2.55. The van der Waals surface area contributed by atoms with Gasteiger partial charge in [-0.2, -0.15) is 0 Å². The largest absolute Gasteiger partial charge is 0.395 e. The summed E-state index contributed by atoms with van der Waals surface area (Å²) < 4.78 is 0. The number of benzene rings is 1. The van der Waals surface area contributed by atoms with E-state index in [0.29, 0.717) is 5.56 Å². The molecule has 2 atom stereocenters. The van der Waals surface area contributed by atoms with Crippen LogP contribution in [0.5, 0.6) is 0 Å². The lowest BCUT2D eigenvalue weighted by Gasteiger charge is -2.71. The fourth-order valence-corrected chi connectivity index (χ4v) is 5.07. The lowest BCUT2D eigenvalue weighted by molar-refractivity contribution is -0.180. The predicted octanol–water partition coefficient (Wildman–Crippen LogP) is 2.15. The van der Waals surface area contributed by atoms with Crippen LogP contribution in [-0.2, 0) is 0 Å². The molecule has 3 aliphatic rings. The highest BCUT2D eigenvalue weighted by Gasteiger charge is 2.66. The van der Waals surface area contributed by atoms with E-state index in [9.17, 15) is 9.90 Å². The third-order valence-electron chi connectivity index (χ3n) is 6.58. The Kier molecular flexibility index (Phi) is 4.02. The maximum absolute atomic E-state index is 12.8. The number of carbonyl (C=O) groups excluding carboxylic acids is 1. The van der Waals surface area contributed by atoms with Crippen LogP contribution < -0.4 is 0 Å². The molecule has 5 rings (SSSR count). The second-order valence-electron chi connectivity index (χ2n) is 8.23. The molecule has 27 heavy (non-hydrogen) atoms. The van der Waals surface area contributed by atoms with Gasteiger partial charge in [0.05, 0.1) is 12.1 Å². The summed E-state index contributed by atoms with van der Waals surface area (Å²) in [6.45, 7) is 2.69. The average molecular weight is 363 g/mol. The summed E-state index contributed by atoms with van der Waals surface area (Å²) in [4.78, 5) is 21.3. The van der Waals surface area contributed by atoms with Crippen molar-refractivity contribution in [2.75, 3.05) is 26.2 Å². The summed E-state index contributed by atoms with van der Waals surface area (Å²) in [6, 6.07) is 14.2. The molecule has 5 nitrogen and oxygen atoms in total. The zero-order valence-corrected chi connectivity index (χ0v) is 15.4. The molecule has 3 fully saturated rings. The van der Waals surface area contributed by atoms with Crippen molar-refractivity contribution >= 4 is 5.91 Å². The van der Waals surface area contributed by atoms with Crippen LogP contribution in [0.4, 0.5) is 0 Å². The molecule has 0 bridgehead atoms. The van der Waals surface area contributed by atoms with Crippen molar-refractivity contribution in [2.24, 2.45) is 5.92 Å². The number of rotatable bonds is 5. The van der Waals surface area contributed by atoms with Gasteiger partial charge in [-0.15, -0.1) is 0 Å². The van der Waals surface area contributed by atoms with Crippen molar-refractivity contribution < 1.29 is 9.90 Å². The molecule has 1 aromatic carbocycles. The third kappa shape index (κ3) is 2.68. The van der Waals surface area contributed by atoms with Crippen molar-refractivity contribution in [3.05, 3.63) is 66.0 Å². The normalized spacial score (nSPS) is 26.5. The van der Waals surface area contributed by atoms with Gasteiger partial charge in [0.15, 0.2) is 0 Å². The Balaban J connectivity index is 1.40. The number of hydrogen-bond acceptors (Lipinski definition) is 4. The van der Waals surface area contributed by atoms with Crippen molar-refractivity contribution in [3.63, 3.8) is 0 Å². The number of aliphatic hydroxyl groups is 1. The topological polar surface area (TPSA) is 56.7 Å². The van der Waals surface area contributed by atoms with E-state index in [1.807, 2.05) is 11.0 Å². The van der Waals surface area contributed by atoms with Crippen molar-refractivity contribution in [1.82, 2.24) is 14.8 Å². The smallest absolute Gasteiger partial charge is 0.254 e. The van der Waals surface area contributed by atoms with E-state index >= 15 is 0 Å². The van der Waals surface area contributed by atoms with Crippen LogP contribution in [-0.4, -0.2) is 63.6 Å². The number of aromatic nitrogens is 1. The molecule has 2 aromatic rings. The first kappa shape index (κ1) is 16.9. The molecule has 1 amide bonds. The zero-order chi connectivity index (χ0) is 18.4. The van der Waals surface area contributed by atoms with E-state index < -0.39 is 0 Å². The van der Waals surface area contributed by atoms with Crippen molar-refractivity contribution in [1.29, 1.82) is 0 Å². The van der Waals surface area contributed by atoms with Gasteiger partial charge in [-0.05, 0) is 36.5 Å². The molecular formula is C22H25N3O2. The maximum Gasteiger partial charge on any atom is 0.254 e. The fraction of sp³-hybridized carbons (Fsp3) is 0.455. The molecule has 1 aliphatic carbocycles. The van der Waals surface area contributed by atoms with Crippen LogP contribution in [0.1, 0.15) is 34.7 Å². The molecule has 140 valence electrons. The van der Waals surface area contributed by atoms with Crippen LogP contribution in [0, 0.1) is 5.92 Å². The molecule has 1 aromatic heterocycles. The maximum atomic E-state index is 12.8. The summed E-state index contributed by atoms with van der Waals surface area (Å²) in [5, 5.41) is 10.1. The molecule has 0 unspecified atom stereocenters. The predicted molar refractivity (Wildman–Crippen MR) is 102 cm³/mol. The SMILES string of the molecule is O=C(c1ccncc1)N1CC2(C1)[C@H](c1ccccc1)[C@@H](CO)N2CC1CC1. The Morgan fingerprint density at radius 1 is 1.11 bits per heavy atom. The number of aliphatic hydroxyl groups excluding tert-OH is 1. The van der Waals surface area contributed by atoms with Crippen LogP contribution in [0.3, 0.4) is 0 Å². The summed E-state index contributed by atoms with van der Waals surface area (Å²) in [7, 11) is 0. The Hall–Kier alpha value is -2.24. The Morgan fingerprint density at radius 2 is 1.81 bits per heavy atom. The van der Waals surface area contributed by atoms with Gasteiger partial charge in [-0.25, -0.2) is 0 Å². The minimum absolute atomic E-state index is 0.0277. The van der Waals surface area contributed by atoms with Crippen LogP contribution in [0.15, 0.2) is 54.9 Å². The minimum atomic E-state index is -0.0277. The Labute approximate surface area is 159 Å². The first-order valence-electron chi connectivity index (χ1n) is 9.85. The summed E-state index contributed by atoms with van der Waals surface area (Å²) in [5.74, 6) is 1.12. The number of nitrogens with zero attached hydrogens (tertiary/aromatic N) is 3. The second-order valence-corrected chi connectivity index (χ2v) is 8.23. The monoisotopic (exact) mass is 363 g/mol. The van der Waals surface area contributed by atoms with E-state index in [-0.39, 0.29) is 30.0 Å². The van der Waals surface area contributed by atoms with Crippen molar-refractivity contribution in [3.8, 4) is 0 Å². The minimum Gasteiger partial charge on any atom is -0.395 e. The van der Waals surface area contributed by atoms with Gasteiger partial charge < -0.3 is 10.0 Å². The van der Waals surface area contributed by atoms with E-state index in [2.05, 4.69) is 34.1 Å². The number of hydrogen-bond donors (Lipinski definition) is 1. The lowest BCUT2D eigenvalue weighted by Crippen LogP contribution is -2.85. The Morgan fingerprint density at radius 3 is 2.44 bits per heavy atom. The zero-order valence-electron chi connectivity index (χ0n) is 15.4. The molecule has 2 aliphatic heterocycles. The highest BCUT2D eigenvalue weighted by molar-refractivity contribution is 5.95. The van der Waals surface area contributed by atoms with Crippen LogP contribution >= 0.6 is 0 Å². The fourth-order valence-electron chi connectivity index (χ4n) is 5.07. The molecule has 5 heteroatoms. The molecular weight excluding hydrogens is 338 g/mol. The summed E-state index contributed by atoms with van der Waals surface area (Å²) in [6.07, 6.45) is 5.92. The van der Waals surface area contributed by atoms with Gasteiger partial charge >= 0.3 is 0 Å². The van der Waals surface area contributed by atoms with Crippen LogP contribution in [0.25, 0.3) is 0 Å². The molecule has 2 saturated heterocycles. The first-order chi connectivity index (χ1) is 13.2. The van der Waals surface area contributed by atoms with E-state index in [1.165, 1.54) is 18.4 Å². The lowest BCUT2D eigenvalue weighted by atomic mass is 9.60.